The minimum atomic E-state index is -0.491. The first kappa shape index (κ1) is 20.7. The number of esters is 2. The van der Waals surface area contributed by atoms with Crippen molar-refractivity contribution in [1.82, 2.24) is 9.97 Å². The van der Waals surface area contributed by atoms with Gasteiger partial charge in [0, 0.05) is 6.54 Å². The number of thiophene rings is 1. The Bertz CT molecular complexity index is 1030. The number of anilines is 1. The topological polar surface area (TPSA) is 90.4 Å². The van der Waals surface area contributed by atoms with Crippen LogP contribution in [0.4, 0.5) is 5.82 Å². The minimum absolute atomic E-state index is 0.298. The Labute approximate surface area is 173 Å². The third kappa shape index (κ3) is 4.37. The molecule has 0 radical (unpaired) electrons. The second kappa shape index (κ2) is 9.00. The van der Waals surface area contributed by atoms with Crippen molar-refractivity contribution >= 4 is 39.3 Å². The fourth-order valence-corrected chi connectivity index (χ4v) is 4.25. The standard InChI is InChI=1S/C21H23N3O4S/c1-5-28-21(26)17-12(2)16-18(23-13(3)24-19(16)29-17)22-11-15(20(25)27-4)14-9-7-6-8-10-14/h6-10,15H,5,11H2,1-4H3,(H,22,23,24). The zero-order chi connectivity index (χ0) is 21.0. The fraction of sp³-hybridized carbons (Fsp3) is 0.333. The number of nitrogens with zero attached hydrogens (tertiary/aromatic N) is 2. The number of rotatable bonds is 7. The van der Waals surface area contributed by atoms with Crippen LogP contribution in [0.15, 0.2) is 30.3 Å². The van der Waals surface area contributed by atoms with Crippen LogP contribution in [-0.4, -0.2) is 42.2 Å². The van der Waals surface area contributed by atoms with E-state index >= 15 is 0 Å². The van der Waals surface area contributed by atoms with Crippen LogP contribution in [0.5, 0.6) is 0 Å². The van der Waals surface area contributed by atoms with Crippen LogP contribution in [0, 0.1) is 13.8 Å². The number of carbonyl (C=O) groups excluding carboxylic acids is 2. The Morgan fingerprint density at radius 2 is 1.90 bits per heavy atom. The number of aryl methyl sites for hydroxylation is 2. The smallest absolute Gasteiger partial charge is 0.348 e. The molecule has 152 valence electrons. The number of benzene rings is 1. The molecule has 0 saturated heterocycles. The molecule has 3 rings (SSSR count). The zero-order valence-corrected chi connectivity index (χ0v) is 17.6. The number of methoxy groups -OCH3 is 1. The van der Waals surface area contributed by atoms with Crippen molar-refractivity contribution in [3.63, 3.8) is 0 Å². The Balaban J connectivity index is 1.96. The third-order valence-electron chi connectivity index (χ3n) is 4.52. The number of carbonyl (C=O) groups is 2. The average molecular weight is 413 g/mol. The van der Waals surface area contributed by atoms with E-state index in [1.54, 1.807) is 13.8 Å². The summed E-state index contributed by atoms with van der Waals surface area (Å²) in [5.41, 5.74) is 1.61. The van der Waals surface area contributed by atoms with Gasteiger partial charge in [-0.2, -0.15) is 0 Å². The van der Waals surface area contributed by atoms with Gasteiger partial charge >= 0.3 is 11.9 Å². The summed E-state index contributed by atoms with van der Waals surface area (Å²) in [7, 11) is 1.37. The van der Waals surface area contributed by atoms with Gasteiger partial charge in [0.15, 0.2) is 0 Å². The molecular weight excluding hydrogens is 390 g/mol. The van der Waals surface area contributed by atoms with Gasteiger partial charge in [-0.1, -0.05) is 30.3 Å². The van der Waals surface area contributed by atoms with E-state index in [0.29, 0.717) is 34.5 Å². The molecular formula is C21H23N3O4S. The van der Waals surface area contributed by atoms with Gasteiger partial charge in [-0.25, -0.2) is 14.8 Å². The Kier molecular flexibility index (Phi) is 6.43. The monoisotopic (exact) mass is 413 g/mol. The Morgan fingerprint density at radius 3 is 2.55 bits per heavy atom. The van der Waals surface area contributed by atoms with E-state index in [1.807, 2.05) is 37.3 Å². The van der Waals surface area contributed by atoms with Gasteiger partial charge in [0.1, 0.15) is 21.3 Å². The lowest BCUT2D eigenvalue weighted by atomic mass is 9.99. The van der Waals surface area contributed by atoms with Crippen LogP contribution < -0.4 is 5.32 Å². The molecule has 0 aliphatic carbocycles. The molecule has 0 fully saturated rings. The molecule has 0 amide bonds. The predicted octanol–water partition coefficient (Wildman–Crippen LogP) is 3.85. The number of aromatic nitrogens is 2. The molecule has 1 aromatic carbocycles. The Hall–Kier alpha value is -3.00. The lowest BCUT2D eigenvalue weighted by Crippen LogP contribution is -2.23. The molecule has 0 aliphatic heterocycles. The van der Waals surface area contributed by atoms with Crippen molar-refractivity contribution in [1.29, 1.82) is 0 Å². The highest BCUT2D eigenvalue weighted by molar-refractivity contribution is 7.20. The maximum atomic E-state index is 12.3. The van der Waals surface area contributed by atoms with Gasteiger partial charge < -0.3 is 14.8 Å². The van der Waals surface area contributed by atoms with E-state index < -0.39 is 5.92 Å². The molecule has 1 unspecified atom stereocenters. The van der Waals surface area contributed by atoms with E-state index in [-0.39, 0.29) is 11.9 Å². The summed E-state index contributed by atoms with van der Waals surface area (Å²) in [5, 5.41) is 4.03. The SMILES string of the molecule is CCOC(=O)c1sc2nc(C)nc(NCC(C(=O)OC)c3ccccc3)c2c1C. The van der Waals surface area contributed by atoms with E-state index in [2.05, 4.69) is 15.3 Å². The summed E-state index contributed by atoms with van der Waals surface area (Å²) in [5.74, 6) is -0.0316. The number of fused-ring (bicyclic) bond motifs is 1. The quantitative estimate of drug-likeness (QED) is 0.588. The molecule has 29 heavy (non-hydrogen) atoms. The van der Waals surface area contributed by atoms with Crippen molar-refractivity contribution in [2.24, 2.45) is 0 Å². The van der Waals surface area contributed by atoms with Crippen molar-refractivity contribution in [2.75, 3.05) is 25.6 Å². The molecule has 7 nitrogen and oxygen atoms in total. The van der Waals surface area contributed by atoms with Crippen LogP contribution in [0.3, 0.4) is 0 Å². The van der Waals surface area contributed by atoms with Gasteiger partial charge in [-0.05, 0) is 31.9 Å². The first-order valence-corrected chi connectivity index (χ1v) is 10.1. The van der Waals surface area contributed by atoms with Gasteiger partial charge in [-0.3, -0.25) is 4.79 Å². The fourth-order valence-electron chi connectivity index (χ4n) is 3.13. The van der Waals surface area contributed by atoms with Crippen molar-refractivity contribution in [2.45, 2.75) is 26.7 Å². The van der Waals surface area contributed by atoms with Crippen LogP contribution in [0.1, 0.15) is 39.5 Å². The molecule has 2 aromatic heterocycles. The summed E-state index contributed by atoms with van der Waals surface area (Å²) in [6.07, 6.45) is 0. The van der Waals surface area contributed by atoms with E-state index in [9.17, 15) is 9.59 Å². The molecule has 0 spiro atoms. The lowest BCUT2D eigenvalue weighted by molar-refractivity contribution is -0.142. The molecule has 0 bridgehead atoms. The molecule has 0 aliphatic rings. The third-order valence-corrected chi connectivity index (χ3v) is 5.69. The van der Waals surface area contributed by atoms with Crippen LogP contribution in [0.2, 0.25) is 0 Å². The number of nitrogens with one attached hydrogen (secondary N) is 1. The average Bonchev–Trinajstić information content (AvgIpc) is 3.05. The van der Waals surface area contributed by atoms with E-state index in [1.165, 1.54) is 18.4 Å². The number of ether oxygens (including phenoxy) is 2. The first-order chi connectivity index (χ1) is 14.0. The molecule has 8 heteroatoms. The summed E-state index contributed by atoms with van der Waals surface area (Å²) >= 11 is 1.28. The molecule has 2 heterocycles. The predicted molar refractivity (Wildman–Crippen MR) is 113 cm³/mol. The summed E-state index contributed by atoms with van der Waals surface area (Å²) in [4.78, 5) is 34.8. The highest BCUT2D eigenvalue weighted by Gasteiger charge is 2.24. The molecule has 1 atom stereocenters. The zero-order valence-electron chi connectivity index (χ0n) is 16.8. The molecule has 1 N–H and O–H groups in total. The maximum Gasteiger partial charge on any atom is 0.348 e. The molecule has 0 saturated carbocycles. The second-order valence-electron chi connectivity index (χ2n) is 6.44. The minimum Gasteiger partial charge on any atom is -0.468 e. The van der Waals surface area contributed by atoms with E-state index in [0.717, 1.165) is 16.5 Å². The first-order valence-electron chi connectivity index (χ1n) is 9.27. The van der Waals surface area contributed by atoms with Gasteiger partial charge in [0.25, 0.3) is 0 Å². The van der Waals surface area contributed by atoms with Crippen LogP contribution in [-0.2, 0) is 14.3 Å². The van der Waals surface area contributed by atoms with E-state index in [4.69, 9.17) is 9.47 Å². The van der Waals surface area contributed by atoms with Gasteiger partial charge in [0.2, 0.25) is 0 Å². The summed E-state index contributed by atoms with van der Waals surface area (Å²) in [6.45, 7) is 6.02. The summed E-state index contributed by atoms with van der Waals surface area (Å²) in [6, 6.07) is 9.44. The van der Waals surface area contributed by atoms with Crippen LogP contribution >= 0.6 is 11.3 Å². The van der Waals surface area contributed by atoms with Crippen LogP contribution in [0.25, 0.3) is 10.2 Å². The highest BCUT2D eigenvalue weighted by Crippen LogP contribution is 2.34. The maximum absolute atomic E-state index is 12.3. The summed E-state index contributed by atoms with van der Waals surface area (Å²) < 4.78 is 10.1. The highest BCUT2D eigenvalue weighted by atomic mass is 32.1. The lowest BCUT2D eigenvalue weighted by Gasteiger charge is -2.17. The van der Waals surface area contributed by atoms with Crippen molar-refractivity contribution < 1.29 is 19.1 Å². The van der Waals surface area contributed by atoms with Crippen molar-refractivity contribution in [3.8, 4) is 0 Å². The largest absolute Gasteiger partial charge is 0.468 e. The Morgan fingerprint density at radius 1 is 1.17 bits per heavy atom. The van der Waals surface area contributed by atoms with Gasteiger partial charge in [-0.15, -0.1) is 11.3 Å². The van der Waals surface area contributed by atoms with Gasteiger partial charge in [0.05, 0.1) is 25.0 Å². The number of hydrogen-bond donors (Lipinski definition) is 1. The molecule has 3 aromatic rings. The second-order valence-corrected chi connectivity index (χ2v) is 7.44. The normalized spacial score (nSPS) is 11.9. The van der Waals surface area contributed by atoms with Crippen molar-refractivity contribution in [3.05, 3.63) is 52.2 Å². The number of hydrogen-bond acceptors (Lipinski definition) is 8.